The quantitative estimate of drug-likeness (QED) is 0.559. The molecule has 1 unspecified atom stereocenters. The minimum atomic E-state index is -0.106. The van der Waals surface area contributed by atoms with Gasteiger partial charge in [-0.05, 0) is 51.0 Å². The van der Waals surface area contributed by atoms with E-state index in [0.717, 1.165) is 29.0 Å². The van der Waals surface area contributed by atoms with Gasteiger partial charge < -0.3 is 14.7 Å². The van der Waals surface area contributed by atoms with Crippen molar-refractivity contribution in [2.24, 2.45) is 0 Å². The molecule has 2 aromatic carbocycles. The van der Waals surface area contributed by atoms with Gasteiger partial charge in [0.15, 0.2) is 5.82 Å². The molecule has 0 saturated carbocycles. The highest BCUT2D eigenvalue weighted by Gasteiger charge is 2.29. The third kappa shape index (κ3) is 5.37. The number of rotatable bonds is 6. The third-order valence-electron chi connectivity index (χ3n) is 5.41. The van der Waals surface area contributed by atoms with E-state index in [9.17, 15) is 9.59 Å². The van der Waals surface area contributed by atoms with Crippen LogP contribution >= 0.6 is 11.8 Å². The molecule has 1 atom stereocenters. The fourth-order valence-electron chi connectivity index (χ4n) is 3.76. The highest BCUT2D eigenvalue weighted by molar-refractivity contribution is 8.00. The van der Waals surface area contributed by atoms with Gasteiger partial charge in [0, 0.05) is 23.7 Å². The van der Waals surface area contributed by atoms with Crippen molar-refractivity contribution in [2.75, 3.05) is 24.2 Å². The van der Waals surface area contributed by atoms with Crippen molar-refractivity contribution in [1.82, 2.24) is 15.0 Å². The maximum absolute atomic E-state index is 13.3. The number of piperidine rings is 1. The predicted molar refractivity (Wildman–Crippen MR) is 124 cm³/mol. The second-order valence-corrected chi connectivity index (χ2v) is 8.99. The molecule has 0 spiro atoms. The molecule has 4 rings (SSSR count). The number of thioether (sulfide) groups is 1. The summed E-state index contributed by atoms with van der Waals surface area (Å²) in [5, 5.41) is 6.78. The Morgan fingerprint density at radius 1 is 1.16 bits per heavy atom. The average molecular weight is 451 g/mol. The SMILES string of the molecule is Cc1ccc(NC(=O)CSc2ccccc2C(=O)N2CCCC(c3nc(C)no3)C2)cc1. The van der Waals surface area contributed by atoms with Gasteiger partial charge in [-0.3, -0.25) is 9.59 Å². The molecular formula is C24H26N4O3S. The number of nitrogens with one attached hydrogen (secondary N) is 1. The van der Waals surface area contributed by atoms with Crippen molar-refractivity contribution in [1.29, 1.82) is 0 Å². The van der Waals surface area contributed by atoms with Crippen molar-refractivity contribution in [2.45, 2.75) is 37.5 Å². The summed E-state index contributed by atoms with van der Waals surface area (Å²) in [7, 11) is 0. The minimum Gasteiger partial charge on any atom is -0.339 e. The number of carbonyl (C=O) groups excluding carboxylic acids is 2. The van der Waals surface area contributed by atoms with Gasteiger partial charge in [-0.25, -0.2) is 0 Å². The highest BCUT2D eigenvalue weighted by atomic mass is 32.2. The maximum atomic E-state index is 13.3. The lowest BCUT2D eigenvalue weighted by atomic mass is 9.97. The first-order chi connectivity index (χ1) is 15.5. The standard InChI is InChI=1S/C24H26N4O3S/c1-16-9-11-19(12-10-16)26-22(29)15-32-21-8-4-3-7-20(21)24(30)28-13-5-6-18(14-28)23-25-17(2)27-31-23/h3-4,7-12,18H,5-6,13-15H2,1-2H3,(H,26,29). The Labute approximate surface area is 191 Å². The number of hydrogen-bond acceptors (Lipinski definition) is 6. The van der Waals surface area contributed by atoms with Gasteiger partial charge in [-0.15, -0.1) is 11.8 Å². The van der Waals surface area contributed by atoms with Crippen LogP contribution in [0.5, 0.6) is 0 Å². The lowest BCUT2D eigenvalue weighted by Crippen LogP contribution is -2.39. The second kappa shape index (κ2) is 9.99. The molecule has 32 heavy (non-hydrogen) atoms. The minimum absolute atomic E-state index is 0.0343. The number of benzene rings is 2. The zero-order valence-corrected chi connectivity index (χ0v) is 19.0. The van der Waals surface area contributed by atoms with E-state index in [1.807, 2.05) is 60.4 Å². The van der Waals surface area contributed by atoms with Crippen LogP contribution in [0, 0.1) is 13.8 Å². The highest BCUT2D eigenvalue weighted by Crippen LogP contribution is 2.29. The molecule has 1 fully saturated rings. The van der Waals surface area contributed by atoms with Crippen LogP contribution in [0.4, 0.5) is 5.69 Å². The Morgan fingerprint density at radius 2 is 1.94 bits per heavy atom. The molecule has 2 heterocycles. The summed E-state index contributed by atoms with van der Waals surface area (Å²) in [6.45, 7) is 5.03. The number of anilines is 1. The van der Waals surface area contributed by atoms with E-state index in [4.69, 9.17) is 4.52 Å². The number of likely N-dealkylation sites (tertiary alicyclic amines) is 1. The Morgan fingerprint density at radius 3 is 2.69 bits per heavy atom. The number of aryl methyl sites for hydroxylation is 2. The summed E-state index contributed by atoms with van der Waals surface area (Å²) >= 11 is 1.37. The van der Waals surface area contributed by atoms with Crippen molar-refractivity contribution >= 4 is 29.3 Å². The van der Waals surface area contributed by atoms with Gasteiger partial charge in [-0.2, -0.15) is 4.98 Å². The van der Waals surface area contributed by atoms with Gasteiger partial charge in [0.1, 0.15) is 0 Å². The van der Waals surface area contributed by atoms with Crippen LogP contribution in [-0.2, 0) is 4.79 Å². The lowest BCUT2D eigenvalue weighted by Gasteiger charge is -2.31. The molecule has 8 heteroatoms. The Hall–Kier alpha value is -3.13. The summed E-state index contributed by atoms with van der Waals surface area (Å²) in [6, 6.07) is 15.1. The first kappa shape index (κ1) is 22.1. The number of carbonyl (C=O) groups is 2. The largest absolute Gasteiger partial charge is 0.339 e. The monoisotopic (exact) mass is 450 g/mol. The molecule has 0 bridgehead atoms. The van der Waals surface area contributed by atoms with Crippen LogP contribution in [0.2, 0.25) is 0 Å². The van der Waals surface area contributed by atoms with E-state index < -0.39 is 0 Å². The molecule has 7 nitrogen and oxygen atoms in total. The van der Waals surface area contributed by atoms with Crippen molar-refractivity contribution in [3.05, 3.63) is 71.4 Å². The zero-order valence-electron chi connectivity index (χ0n) is 18.2. The van der Waals surface area contributed by atoms with Crippen LogP contribution in [0.1, 0.15) is 46.4 Å². The van der Waals surface area contributed by atoms with Crippen molar-refractivity contribution < 1.29 is 14.1 Å². The van der Waals surface area contributed by atoms with Crippen LogP contribution in [0.3, 0.4) is 0 Å². The molecule has 0 aliphatic carbocycles. The van der Waals surface area contributed by atoms with E-state index in [-0.39, 0.29) is 23.5 Å². The topological polar surface area (TPSA) is 88.3 Å². The van der Waals surface area contributed by atoms with Crippen molar-refractivity contribution in [3.8, 4) is 0 Å². The third-order valence-corrected chi connectivity index (χ3v) is 6.49. The lowest BCUT2D eigenvalue weighted by molar-refractivity contribution is -0.113. The molecule has 1 aromatic heterocycles. The predicted octanol–water partition coefficient (Wildman–Crippen LogP) is 4.44. The van der Waals surface area contributed by atoms with Crippen LogP contribution in [-0.4, -0.2) is 45.7 Å². The fraction of sp³-hybridized carbons (Fsp3) is 0.333. The molecule has 1 N–H and O–H groups in total. The maximum Gasteiger partial charge on any atom is 0.255 e. The summed E-state index contributed by atoms with van der Waals surface area (Å²) in [5.74, 6) is 1.33. The second-order valence-electron chi connectivity index (χ2n) is 7.97. The van der Waals surface area contributed by atoms with Crippen molar-refractivity contribution in [3.63, 3.8) is 0 Å². The Kier molecular flexibility index (Phi) is 6.90. The first-order valence-corrected chi connectivity index (χ1v) is 11.7. The van der Waals surface area contributed by atoms with Gasteiger partial charge in [0.2, 0.25) is 11.8 Å². The molecule has 0 radical (unpaired) electrons. The van der Waals surface area contributed by atoms with E-state index in [0.29, 0.717) is 30.4 Å². The summed E-state index contributed by atoms with van der Waals surface area (Å²) in [5.41, 5.74) is 2.52. The number of hydrogen-bond donors (Lipinski definition) is 1. The molecule has 1 aliphatic heterocycles. The molecular weight excluding hydrogens is 424 g/mol. The van der Waals surface area contributed by atoms with Gasteiger partial charge in [0.05, 0.1) is 17.2 Å². The number of aromatic nitrogens is 2. The normalized spacial score (nSPS) is 16.1. The van der Waals surface area contributed by atoms with Gasteiger partial charge >= 0.3 is 0 Å². The van der Waals surface area contributed by atoms with Crippen LogP contribution in [0.15, 0.2) is 57.9 Å². The van der Waals surface area contributed by atoms with E-state index >= 15 is 0 Å². The van der Waals surface area contributed by atoms with E-state index in [2.05, 4.69) is 15.5 Å². The first-order valence-electron chi connectivity index (χ1n) is 10.7. The van der Waals surface area contributed by atoms with Crippen LogP contribution in [0.25, 0.3) is 0 Å². The van der Waals surface area contributed by atoms with E-state index in [1.165, 1.54) is 11.8 Å². The number of nitrogens with zero attached hydrogens (tertiary/aromatic N) is 3. The van der Waals surface area contributed by atoms with Gasteiger partial charge in [0.25, 0.3) is 5.91 Å². The fourth-order valence-corrected chi connectivity index (χ4v) is 4.60. The average Bonchev–Trinajstić information content (AvgIpc) is 3.25. The molecule has 1 saturated heterocycles. The van der Waals surface area contributed by atoms with Gasteiger partial charge in [-0.1, -0.05) is 35.0 Å². The molecule has 1 aliphatic rings. The number of amides is 2. The molecule has 166 valence electrons. The Bertz CT molecular complexity index is 1100. The summed E-state index contributed by atoms with van der Waals surface area (Å²) in [4.78, 5) is 32.7. The molecule has 2 amide bonds. The van der Waals surface area contributed by atoms with E-state index in [1.54, 1.807) is 6.92 Å². The smallest absolute Gasteiger partial charge is 0.255 e. The zero-order chi connectivity index (χ0) is 22.5. The summed E-state index contributed by atoms with van der Waals surface area (Å²) in [6.07, 6.45) is 1.80. The summed E-state index contributed by atoms with van der Waals surface area (Å²) < 4.78 is 5.33. The Balaban J connectivity index is 1.40. The molecule has 3 aromatic rings. The van der Waals surface area contributed by atoms with Crippen LogP contribution < -0.4 is 5.32 Å².